The van der Waals surface area contributed by atoms with Gasteiger partial charge in [0.25, 0.3) is 0 Å². The second-order valence-corrected chi connectivity index (χ2v) is 4.40. The molecule has 1 rings (SSSR count). The lowest BCUT2D eigenvalue weighted by atomic mass is 10.0. The van der Waals surface area contributed by atoms with Gasteiger partial charge in [0.2, 0.25) is 0 Å². The molecule has 3 heteroatoms. The van der Waals surface area contributed by atoms with Gasteiger partial charge in [-0.15, -0.1) is 0 Å². The predicted octanol–water partition coefficient (Wildman–Crippen LogP) is 1.89. The molecule has 0 radical (unpaired) electrons. The van der Waals surface area contributed by atoms with Gasteiger partial charge in [0.05, 0.1) is 0 Å². The lowest BCUT2D eigenvalue weighted by molar-refractivity contribution is 0.291. The van der Waals surface area contributed by atoms with Gasteiger partial charge in [-0.05, 0) is 44.1 Å². The summed E-state index contributed by atoms with van der Waals surface area (Å²) < 4.78 is 0. The van der Waals surface area contributed by atoms with Crippen molar-refractivity contribution in [3.8, 4) is 0 Å². The second-order valence-electron chi connectivity index (χ2n) is 4.40. The van der Waals surface area contributed by atoms with Crippen molar-refractivity contribution in [3.05, 3.63) is 30.1 Å². The van der Waals surface area contributed by atoms with Gasteiger partial charge >= 0.3 is 0 Å². The van der Waals surface area contributed by atoms with Gasteiger partial charge in [-0.2, -0.15) is 0 Å². The number of nitrogens with zero attached hydrogens (tertiary/aromatic N) is 2. The van der Waals surface area contributed by atoms with Gasteiger partial charge in [-0.25, -0.2) is 0 Å². The highest BCUT2D eigenvalue weighted by Crippen LogP contribution is 2.08. The Labute approximate surface area is 98.7 Å². The van der Waals surface area contributed by atoms with Gasteiger partial charge < -0.3 is 10.6 Å². The topological polar surface area (TPSA) is 42.1 Å². The molecule has 3 nitrogen and oxygen atoms in total. The van der Waals surface area contributed by atoms with E-state index in [1.807, 2.05) is 18.5 Å². The molecule has 90 valence electrons. The van der Waals surface area contributed by atoms with Crippen molar-refractivity contribution < 1.29 is 0 Å². The quantitative estimate of drug-likeness (QED) is 0.764. The van der Waals surface area contributed by atoms with Crippen LogP contribution < -0.4 is 5.73 Å². The Balaban J connectivity index is 2.28. The summed E-state index contributed by atoms with van der Waals surface area (Å²) in [5, 5.41) is 0. The van der Waals surface area contributed by atoms with E-state index in [1.54, 1.807) is 0 Å². The lowest BCUT2D eigenvalue weighted by Gasteiger charge is -2.19. The molecule has 0 spiro atoms. The third-order valence-electron chi connectivity index (χ3n) is 3.01. The molecule has 1 unspecified atom stereocenters. The normalized spacial score (nSPS) is 13.0. The molecule has 0 aliphatic rings. The Hall–Kier alpha value is -0.930. The Kier molecular flexibility index (Phi) is 6.04. The fourth-order valence-electron chi connectivity index (χ4n) is 1.77. The molecule has 0 saturated carbocycles. The van der Waals surface area contributed by atoms with E-state index in [9.17, 15) is 0 Å². The van der Waals surface area contributed by atoms with Crippen molar-refractivity contribution >= 4 is 0 Å². The van der Waals surface area contributed by atoms with Crippen LogP contribution in [0.15, 0.2) is 24.5 Å². The highest BCUT2D eigenvalue weighted by molar-refractivity contribution is 5.07. The minimum absolute atomic E-state index is 0.663. The van der Waals surface area contributed by atoms with Crippen molar-refractivity contribution in [2.24, 2.45) is 11.7 Å². The zero-order valence-corrected chi connectivity index (χ0v) is 10.4. The zero-order valence-electron chi connectivity index (χ0n) is 10.4. The summed E-state index contributed by atoms with van der Waals surface area (Å²) in [6, 6.07) is 4.10. The highest BCUT2D eigenvalue weighted by Gasteiger charge is 2.06. The van der Waals surface area contributed by atoms with Gasteiger partial charge in [-0.3, -0.25) is 4.98 Å². The number of hydrogen-bond donors (Lipinski definition) is 1. The SMILES string of the molecule is CCC(CN)CCN(C)Cc1cccnc1. The largest absolute Gasteiger partial charge is 0.330 e. The molecule has 0 aliphatic carbocycles. The first kappa shape index (κ1) is 13.1. The maximum absolute atomic E-state index is 5.69. The average Bonchev–Trinajstić information content (AvgIpc) is 2.31. The van der Waals surface area contributed by atoms with Crippen LogP contribution in [-0.4, -0.2) is 30.0 Å². The fourth-order valence-corrected chi connectivity index (χ4v) is 1.77. The molecule has 16 heavy (non-hydrogen) atoms. The summed E-state index contributed by atoms with van der Waals surface area (Å²) in [5.74, 6) is 0.663. The third kappa shape index (κ3) is 4.73. The number of nitrogens with two attached hydrogens (primary N) is 1. The van der Waals surface area contributed by atoms with Crippen molar-refractivity contribution in [2.45, 2.75) is 26.3 Å². The molecule has 0 amide bonds. The fraction of sp³-hybridized carbons (Fsp3) is 0.615. The lowest BCUT2D eigenvalue weighted by Crippen LogP contribution is -2.24. The Morgan fingerprint density at radius 3 is 2.88 bits per heavy atom. The van der Waals surface area contributed by atoms with E-state index in [0.717, 1.165) is 19.6 Å². The van der Waals surface area contributed by atoms with Gasteiger partial charge in [0.1, 0.15) is 0 Å². The molecule has 1 heterocycles. The highest BCUT2D eigenvalue weighted by atomic mass is 15.1. The molecule has 1 aromatic heterocycles. The summed E-state index contributed by atoms with van der Waals surface area (Å²) in [6.45, 7) is 5.08. The Bertz CT molecular complexity index is 270. The molecule has 0 aliphatic heterocycles. The zero-order chi connectivity index (χ0) is 11.8. The molecular weight excluding hydrogens is 198 g/mol. The number of pyridine rings is 1. The third-order valence-corrected chi connectivity index (χ3v) is 3.01. The van der Waals surface area contributed by atoms with Crippen LogP contribution in [0.2, 0.25) is 0 Å². The second kappa shape index (κ2) is 7.36. The molecule has 2 N–H and O–H groups in total. The predicted molar refractivity (Wildman–Crippen MR) is 68.0 cm³/mol. The summed E-state index contributed by atoms with van der Waals surface area (Å²) in [6.07, 6.45) is 6.10. The monoisotopic (exact) mass is 221 g/mol. The molecule has 0 saturated heterocycles. The van der Waals surface area contributed by atoms with E-state index < -0.39 is 0 Å². The molecule has 1 aromatic rings. The first-order valence-electron chi connectivity index (χ1n) is 6.03. The van der Waals surface area contributed by atoms with Crippen LogP contribution in [0.5, 0.6) is 0 Å². The number of hydrogen-bond acceptors (Lipinski definition) is 3. The standard InChI is InChI=1S/C13H23N3/c1-3-12(9-14)6-8-16(2)11-13-5-4-7-15-10-13/h4-5,7,10,12H,3,6,8-9,11,14H2,1-2H3. The minimum Gasteiger partial charge on any atom is -0.330 e. The van der Waals surface area contributed by atoms with Gasteiger partial charge in [0, 0.05) is 18.9 Å². The Morgan fingerprint density at radius 2 is 2.31 bits per heavy atom. The maximum atomic E-state index is 5.69. The van der Waals surface area contributed by atoms with Crippen molar-refractivity contribution in [2.75, 3.05) is 20.1 Å². The minimum atomic E-state index is 0.663. The van der Waals surface area contributed by atoms with E-state index in [4.69, 9.17) is 5.73 Å². The van der Waals surface area contributed by atoms with Crippen LogP contribution in [-0.2, 0) is 6.54 Å². The molecule has 0 aromatic carbocycles. The van der Waals surface area contributed by atoms with Crippen LogP contribution >= 0.6 is 0 Å². The first-order valence-corrected chi connectivity index (χ1v) is 6.03. The van der Waals surface area contributed by atoms with Crippen LogP contribution in [0.1, 0.15) is 25.3 Å². The number of aromatic nitrogens is 1. The summed E-state index contributed by atoms with van der Waals surface area (Å²) in [5.41, 5.74) is 6.96. The van der Waals surface area contributed by atoms with Crippen LogP contribution in [0.3, 0.4) is 0 Å². The first-order chi connectivity index (χ1) is 7.76. The molecule has 0 fully saturated rings. The summed E-state index contributed by atoms with van der Waals surface area (Å²) in [7, 11) is 2.15. The van der Waals surface area contributed by atoms with Gasteiger partial charge in [0.15, 0.2) is 0 Å². The molecular formula is C13H23N3. The van der Waals surface area contributed by atoms with Crippen molar-refractivity contribution in [1.29, 1.82) is 0 Å². The van der Waals surface area contributed by atoms with Crippen LogP contribution in [0, 0.1) is 5.92 Å². The van der Waals surface area contributed by atoms with E-state index in [1.165, 1.54) is 18.4 Å². The number of rotatable bonds is 7. The average molecular weight is 221 g/mol. The smallest absolute Gasteiger partial charge is 0.0312 e. The van der Waals surface area contributed by atoms with E-state index in [0.29, 0.717) is 5.92 Å². The van der Waals surface area contributed by atoms with E-state index in [-0.39, 0.29) is 0 Å². The molecule has 1 atom stereocenters. The molecule has 0 bridgehead atoms. The Morgan fingerprint density at radius 1 is 1.50 bits per heavy atom. The van der Waals surface area contributed by atoms with E-state index in [2.05, 4.69) is 29.9 Å². The van der Waals surface area contributed by atoms with Crippen molar-refractivity contribution in [3.63, 3.8) is 0 Å². The van der Waals surface area contributed by atoms with Crippen molar-refractivity contribution in [1.82, 2.24) is 9.88 Å². The summed E-state index contributed by atoms with van der Waals surface area (Å²) in [4.78, 5) is 6.45. The summed E-state index contributed by atoms with van der Waals surface area (Å²) >= 11 is 0. The van der Waals surface area contributed by atoms with Crippen LogP contribution in [0.25, 0.3) is 0 Å². The maximum Gasteiger partial charge on any atom is 0.0312 e. The van der Waals surface area contributed by atoms with E-state index >= 15 is 0 Å². The van der Waals surface area contributed by atoms with Crippen LogP contribution in [0.4, 0.5) is 0 Å². The van der Waals surface area contributed by atoms with Gasteiger partial charge in [-0.1, -0.05) is 19.4 Å².